The minimum absolute atomic E-state index is 0.408. The lowest BCUT2D eigenvalue weighted by molar-refractivity contribution is -0.782. The number of aromatic nitrogens is 2. The minimum atomic E-state index is -1.47. The molecule has 0 bridgehead atoms. The van der Waals surface area contributed by atoms with Gasteiger partial charge in [0, 0.05) is 0 Å². The van der Waals surface area contributed by atoms with E-state index in [-0.39, 0.29) is 0 Å². The van der Waals surface area contributed by atoms with Gasteiger partial charge < -0.3 is 10.9 Å². The van der Waals surface area contributed by atoms with E-state index in [2.05, 4.69) is 9.79 Å². The maximum Gasteiger partial charge on any atom is 0.429 e. The van der Waals surface area contributed by atoms with Crippen LogP contribution in [0.1, 0.15) is 0 Å². The summed E-state index contributed by atoms with van der Waals surface area (Å²) in [4.78, 5) is 28.2. The lowest BCUT2D eigenvalue weighted by atomic mass is 10.1. The number of hydrogen-bond donors (Lipinski definition) is 1. The van der Waals surface area contributed by atoms with Crippen molar-refractivity contribution in [3.8, 4) is 0 Å². The van der Waals surface area contributed by atoms with Crippen LogP contribution in [0, 0.1) is 35.6 Å². The Morgan fingerprint density at radius 1 is 1.00 bits per heavy atom. The lowest BCUT2D eigenvalue weighted by Gasteiger charge is -1.99. The first-order chi connectivity index (χ1) is 9.27. The van der Waals surface area contributed by atoms with Gasteiger partial charge in [-0.2, -0.15) is 0 Å². The van der Waals surface area contributed by atoms with Crippen molar-refractivity contribution in [3.05, 3.63) is 35.6 Å². The molecule has 1 heterocycles. The van der Waals surface area contributed by atoms with Crippen molar-refractivity contribution in [3.63, 3.8) is 0 Å². The number of rotatable bonds is 3. The average molecular weight is 286 g/mol. The first-order valence-electron chi connectivity index (χ1n) is 4.55. The summed E-state index contributed by atoms with van der Waals surface area (Å²) in [6.07, 6.45) is 0. The van der Waals surface area contributed by atoms with Crippen molar-refractivity contribution in [1.82, 2.24) is 5.16 Å². The first-order valence-corrected chi connectivity index (χ1v) is 4.55. The van der Waals surface area contributed by atoms with Crippen molar-refractivity contribution < 1.29 is 24.3 Å². The number of nitrogens with two attached hydrogens (primary N) is 1. The summed E-state index contributed by atoms with van der Waals surface area (Å²) in [5.41, 5.74) is -1.52. The van der Waals surface area contributed by atoms with Crippen molar-refractivity contribution in [2.24, 2.45) is 0 Å². The molecule has 2 rings (SSSR count). The summed E-state index contributed by atoms with van der Waals surface area (Å²) in [5.74, 6) is 0. The Bertz CT molecular complexity index is 780. The summed E-state index contributed by atoms with van der Waals surface area (Å²) in [7, 11) is 0. The third-order valence-corrected chi connectivity index (χ3v) is 2.34. The molecule has 0 unspecified atom stereocenters. The van der Waals surface area contributed by atoms with Gasteiger partial charge in [0.1, 0.15) is 0 Å². The van der Waals surface area contributed by atoms with E-state index in [0.717, 1.165) is 0 Å². The van der Waals surface area contributed by atoms with Gasteiger partial charge in [0.05, 0.1) is 19.9 Å². The zero-order chi connectivity index (χ0) is 15.2. The number of benzene rings is 1. The number of anilines is 1. The Labute approximate surface area is 106 Å². The zero-order valence-electron chi connectivity index (χ0n) is 9.08. The van der Waals surface area contributed by atoms with Gasteiger partial charge in [-0.25, -0.2) is 0 Å². The van der Waals surface area contributed by atoms with E-state index in [1.54, 1.807) is 0 Å². The van der Waals surface area contributed by atoms with Gasteiger partial charge in [-0.05, 0) is 4.90 Å². The van der Waals surface area contributed by atoms with E-state index in [4.69, 9.17) is 5.73 Å². The number of nitro groups is 3. The van der Waals surface area contributed by atoms with Crippen molar-refractivity contribution in [1.29, 1.82) is 0 Å². The Balaban J connectivity index is 3.17. The molecule has 0 radical (unpaired) electrons. The molecule has 0 saturated carbocycles. The van der Waals surface area contributed by atoms with Crippen LogP contribution in [-0.4, -0.2) is 19.9 Å². The molecule has 1 aromatic carbocycles. The summed E-state index contributed by atoms with van der Waals surface area (Å²) in [6.45, 7) is 0. The van der Waals surface area contributed by atoms with Gasteiger partial charge in [0.2, 0.25) is 0 Å². The number of hydrogen-bond acceptors (Lipinski definition) is 10. The third-order valence-electron chi connectivity index (χ3n) is 2.34. The molecule has 20 heavy (non-hydrogen) atoms. The topological polar surface area (TPSA) is 208 Å². The van der Waals surface area contributed by atoms with Crippen molar-refractivity contribution in [2.45, 2.75) is 0 Å². The SMILES string of the molecule is Nc1c([N+](=O)[O-])c([N+](=O)[O-])c([N+](=O)[O-])c2no[n+]([O-])c12. The van der Waals surface area contributed by atoms with Crippen LogP contribution >= 0.6 is 0 Å². The van der Waals surface area contributed by atoms with Crippen LogP contribution in [0.15, 0.2) is 4.63 Å². The highest BCUT2D eigenvalue weighted by molar-refractivity contribution is 6.01. The van der Waals surface area contributed by atoms with Crippen LogP contribution in [0.25, 0.3) is 11.0 Å². The maximum absolute atomic E-state index is 11.2. The van der Waals surface area contributed by atoms with Gasteiger partial charge in [0.15, 0.2) is 5.69 Å². The fourth-order valence-corrected chi connectivity index (χ4v) is 1.62. The van der Waals surface area contributed by atoms with Crippen LogP contribution < -0.4 is 10.6 Å². The fraction of sp³-hybridized carbons (Fsp3) is 0. The predicted molar refractivity (Wildman–Crippen MR) is 57.3 cm³/mol. The van der Waals surface area contributed by atoms with Gasteiger partial charge in [-0.3, -0.25) is 35.0 Å². The summed E-state index contributed by atoms with van der Waals surface area (Å²) in [5, 5.41) is 46.8. The van der Waals surface area contributed by atoms with Gasteiger partial charge in [-0.15, -0.1) is 0 Å². The first kappa shape index (κ1) is 12.9. The van der Waals surface area contributed by atoms with E-state index in [0.29, 0.717) is 0 Å². The number of fused-ring (bicyclic) bond motifs is 1. The highest BCUT2D eigenvalue weighted by Gasteiger charge is 2.46. The molecule has 0 aliphatic rings. The van der Waals surface area contributed by atoms with Crippen LogP contribution in [0.2, 0.25) is 0 Å². The highest BCUT2D eigenvalue weighted by Crippen LogP contribution is 2.45. The Hall–Kier alpha value is -3.58. The van der Waals surface area contributed by atoms with Gasteiger partial charge in [-0.1, -0.05) is 0 Å². The van der Waals surface area contributed by atoms with E-state index in [1.807, 2.05) is 0 Å². The summed E-state index contributed by atoms with van der Waals surface area (Å²) in [6, 6.07) is 0. The lowest BCUT2D eigenvalue weighted by Crippen LogP contribution is -2.24. The molecule has 1 aromatic heterocycles. The second-order valence-electron chi connectivity index (χ2n) is 3.36. The van der Waals surface area contributed by atoms with Gasteiger partial charge in [0.25, 0.3) is 5.52 Å². The zero-order valence-corrected chi connectivity index (χ0v) is 9.08. The number of nitro benzene ring substituents is 3. The summed E-state index contributed by atoms with van der Waals surface area (Å²) < 4.78 is 4.04. The average Bonchev–Trinajstić information content (AvgIpc) is 2.70. The molecular weight excluding hydrogens is 284 g/mol. The second-order valence-corrected chi connectivity index (χ2v) is 3.36. The molecule has 14 nitrogen and oxygen atoms in total. The van der Waals surface area contributed by atoms with E-state index >= 15 is 0 Å². The Morgan fingerprint density at radius 3 is 1.95 bits per heavy atom. The van der Waals surface area contributed by atoms with Crippen LogP contribution in [-0.2, 0) is 0 Å². The normalized spacial score (nSPS) is 10.6. The van der Waals surface area contributed by atoms with Crippen LogP contribution in [0.4, 0.5) is 22.7 Å². The molecular formula is C6H2N6O8. The van der Waals surface area contributed by atoms with Crippen molar-refractivity contribution >= 4 is 33.8 Å². The Morgan fingerprint density at radius 2 is 1.50 bits per heavy atom. The molecule has 0 amide bonds. The summed E-state index contributed by atoms with van der Waals surface area (Å²) >= 11 is 0. The molecule has 0 fully saturated rings. The van der Waals surface area contributed by atoms with Gasteiger partial charge >= 0.3 is 22.6 Å². The Kier molecular flexibility index (Phi) is 2.55. The predicted octanol–water partition coefficient (Wildman–Crippen LogP) is -0.232. The molecule has 104 valence electrons. The van der Waals surface area contributed by atoms with E-state index in [1.165, 1.54) is 0 Å². The minimum Gasteiger partial charge on any atom is -0.389 e. The standard InChI is InChI=1S/C6H2N6O8/c7-1-3-2(8-20-12(3)19)5(10(15)16)6(11(17)18)4(1)9(13)14/h7H2. The molecule has 0 atom stereocenters. The smallest absolute Gasteiger partial charge is 0.389 e. The molecule has 0 spiro atoms. The number of nitrogen functional groups attached to an aromatic ring is 1. The maximum atomic E-state index is 11.2. The van der Waals surface area contributed by atoms with Crippen LogP contribution in [0.3, 0.4) is 0 Å². The molecule has 0 saturated heterocycles. The van der Waals surface area contributed by atoms with Crippen LogP contribution in [0.5, 0.6) is 0 Å². The quantitative estimate of drug-likeness (QED) is 0.338. The third kappa shape index (κ3) is 1.51. The number of nitrogens with zero attached hydrogens (tertiary/aromatic N) is 5. The molecule has 2 N–H and O–H groups in total. The largest absolute Gasteiger partial charge is 0.429 e. The van der Waals surface area contributed by atoms with E-state index in [9.17, 15) is 35.6 Å². The highest BCUT2D eigenvalue weighted by atomic mass is 16.8. The van der Waals surface area contributed by atoms with E-state index < -0.39 is 53.5 Å². The molecule has 2 aromatic rings. The van der Waals surface area contributed by atoms with Crippen molar-refractivity contribution in [2.75, 3.05) is 5.73 Å². The fourth-order valence-electron chi connectivity index (χ4n) is 1.62. The monoisotopic (exact) mass is 286 g/mol. The second kappa shape index (κ2) is 3.97. The molecule has 0 aliphatic heterocycles. The molecule has 14 heteroatoms. The molecule has 0 aliphatic carbocycles.